The Morgan fingerprint density at radius 2 is 2.00 bits per heavy atom. The molecule has 0 bridgehead atoms. The van der Waals surface area contributed by atoms with Crippen molar-refractivity contribution < 1.29 is 0 Å². The van der Waals surface area contributed by atoms with Crippen LogP contribution in [0.3, 0.4) is 0 Å². The van der Waals surface area contributed by atoms with Gasteiger partial charge in [0, 0.05) is 43.3 Å². The summed E-state index contributed by atoms with van der Waals surface area (Å²) in [5.74, 6) is 2.39. The van der Waals surface area contributed by atoms with E-state index in [9.17, 15) is 0 Å². The molecule has 1 aliphatic rings. The first-order chi connectivity index (χ1) is 11.3. The van der Waals surface area contributed by atoms with Crippen LogP contribution in [0.2, 0.25) is 0 Å². The van der Waals surface area contributed by atoms with E-state index in [4.69, 9.17) is 0 Å². The number of thiazole rings is 1. The highest BCUT2D eigenvalue weighted by Gasteiger charge is 2.32. The highest BCUT2D eigenvalue weighted by molar-refractivity contribution is 7.11. The van der Waals surface area contributed by atoms with Crippen LogP contribution < -0.4 is 10.6 Å². The van der Waals surface area contributed by atoms with Crippen molar-refractivity contribution in [3.63, 3.8) is 0 Å². The van der Waals surface area contributed by atoms with Crippen molar-refractivity contribution in [3.05, 3.63) is 16.1 Å². The van der Waals surface area contributed by atoms with Gasteiger partial charge in [-0.1, -0.05) is 13.8 Å². The largest absolute Gasteiger partial charge is 0.355 e. The molecule has 6 heteroatoms. The second kappa shape index (κ2) is 8.30. The number of aliphatic imine (C=N–C) groups is 1. The molecule has 2 rings (SSSR count). The first-order valence-corrected chi connectivity index (χ1v) is 9.72. The number of aromatic nitrogens is 1. The first-order valence-electron chi connectivity index (χ1n) is 8.91. The van der Waals surface area contributed by atoms with Crippen molar-refractivity contribution in [2.24, 2.45) is 16.8 Å². The molecule has 2 N–H and O–H groups in total. The van der Waals surface area contributed by atoms with E-state index in [0.717, 1.165) is 35.9 Å². The SMILES string of the molecule is CN=C(NCc1ncc(C)s1)NCC(C)(C)N1CC(C)CC(C)C1. The van der Waals surface area contributed by atoms with E-state index in [1.54, 1.807) is 11.3 Å². The Hall–Kier alpha value is -1.14. The second-order valence-corrected chi connectivity index (χ2v) is 9.13. The number of piperidine rings is 1. The third-order valence-corrected chi connectivity index (χ3v) is 5.63. The summed E-state index contributed by atoms with van der Waals surface area (Å²) in [6.45, 7) is 15.4. The molecule has 1 aromatic rings. The van der Waals surface area contributed by atoms with Gasteiger partial charge in [0.2, 0.25) is 0 Å². The van der Waals surface area contributed by atoms with Crippen LogP contribution in [0.1, 0.15) is 44.0 Å². The third kappa shape index (κ3) is 5.45. The predicted molar refractivity (Wildman–Crippen MR) is 104 cm³/mol. The Morgan fingerprint density at radius 1 is 1.33 bits per heavy atom. The van der Waals surface area contributed by atoms with Gasteiger partial charge < -0.3 is 10.6 Å². The summed E-state index contributed by atoms with van der Waals surface area (Å²) in [5, 5.41) is 7.94. The molecule has 5 nitrogen and oxygen atoms in total. The van der Waals surface area contributed by atoms with E-state index in [-0.39, 0.29) is 5.54 Å². The summed E-state index contributed by atoms with van der Waals surface area (Å²) in [6.07, 6.45) is 3.26. The smallest absolute Gasteiger partial charge is 0.191 e. The highest BCUT2D eigenvalue weighted by Crippen LogP contribution is 2.26. The lowest BCUT2D eigenvalue weighted by atomic mass is 9.88. The zero-order valence-corrected chi connectivity index (χ0v) is 16.8. The number of nitrogens with one attached hydrogen (secondary N) is 2. The summed E-state index contributed by atoms with van der Waals surface area (Å²) < 4.78 is 0. The van der Waals surface area contributed by atoms with Crippen LogP contribution in [0.25, 0.3) is 0 Å². The standard InChI is InChI=1S/C18H33N5S/c1-13-7-14(2)11-23(10-13)18(4,5)12-22-17(19-6)21-9-16-20-8-15(3)24-16/h8,13-14H,7,9-12H2,1-6H3,(H2,19,21,22). The summed E-state index contributed by atoms with van der Waals surface area (Å²) in [7, 11) is 1.82. The normalized spacial score (nSPS) is 23.3. The zero-order chi connectivity index (χ0) is 17.7. The monoisotopic (exact) mass is 351 g/mol. The predicted octanol–water partition coefficient (Wildman–Crippen LogP) is 2.87. The van der Waals surface area contributed by atoms with Gasteiger partial charge in [0.15, 0.2) is 5.96 Å². The Kier molecular flexibility index (Phi) is 6.63. The summed E-state index contributed by atoms with van der Waals surface area (Å²) in [5.41, 5.74) is 0.109. The number of guanidine groups is 1. The van der Waals surface area contributed by atoms with Crippen molar-refractivity contribution in [1.82, 2.24) is 20.5 Å². The minimum atomic E-state index is 0.109. The van der Waals surface area contributed by atoms with Crippen LogP contribution in [0.4, 0.5) is 0 Å². The van der Waals surface area contributed by atoms with Gasteiger partial charge in [-0.25, -0.2) is 4.98 Å². The lowest BCUT2D eigenvalue weighted by Crippen LogP contribution is -2.57. The number of hydrogen-bond donors (Lipinski definition) is 2. The lowest BCUT2D eigenvalue weighted by Gasteiger charge is -2.45. The number of nitrogens with zero attached hydrogens (tertiary/aromatic N) is 3. The maximum absolute atomic E-state index is 4.39. The van der Waals surface area contributed by atoms with Gasteiger partial charge in [-0.2, -0.15) is 0 Å². The van der Waals surface area contributed by atoms with Crippen LogP contribution in [0, 0.1) is 18.8 Å². The second-order valence-electron chi connectivity index (χ2n) is 7.81. The van der Waals surface area contributed by atoms with E-state index in [0.29, 0.717) is 0 Å². The Bertz CT molecular complexity index is 541. The summed E-state index contributed by atoms with van der Waals surface area (Å²) >= 11 is 1.72. The van der Waals surface area contributed by atoms with Crippen molar-refractivity contribution in [2.75, 3.05) is 26.7 Å². The molecule has 0 radical (unpaired) electrons. The van der Waals surface area contributed by atoms with Crippen LogP contribution in [0.15, 0.2) is 11.2 Å². The van der Waals surface area contributed by atoms with Crippen molar-refractivity contribution >= 4 is 17.3 Å². The van der Waals surface area contributed by atoms with E-state index < -0.39 is 0 Å². The fourth-order valence-electron chi connectivity index (χ4n) is 3.43. The van der Waals surface area contributed by atoms with Gasteiger partial charge in [0.25, 0.3) is 0 Å². The van der Waals surface area contributed by atoms with Crippen LogP contribution in [-0.4, -0.2) is 48.1 Å². The maximum atomic E-state index is 4.39. The molecule has 2 heterocycles. The average molecular weight is 352 g/mol. The van der Waals surface area contributed by atoms with Gasteiger partial charge in [-0.15, -0.1) is 11.3 Å². The van der Waals surface area contributed by atoms with Gasteiger partial charge in [-0.05, 0) is 39.0 Å². The van der Waals surface area contributed by atoms with E-state index in [2.05, 4.69) is 60.1 Å². The molecule has 1 aliphatic heterocycles. The van der Waals surface area contributed by atoms with E-state index in [1.165, 1.54) is 24.4 Å². The molecule has 24 heavy (non-hydrogen) atoms. The topological polar surface area (TPSA) is 52.6 Å². The van der Waals surface area contributed by atoms with Crippen molar-refractivity contribution in [3.8, 4) is 0 Å². The summed E-state index contributed by atoms with van der Waals surface area (Å²) in [4.78, 5) is 12.6. The highest BCUT2D eigenvalue weighted by atomic mass is 32.1. The molecule has 0 saturated carbocycles. The minimum absolute atomic E-state index is 0.109. The molecule has 1 saturated heterocycles. The Labute approximate surface area is 151 Å². The van der Waals surface area contributed by atoms with Crippen molar-refractivity contribution in [2.45, 2.75) is 53.1 Å². The minimum Gasteiger partial charge on any atom is -0.355 e. The number of likely N-dealkylation sites (tertiary alicyclic amines) is 1. The Balaban J connectivity index is 1.84. The van der Waals surface area contributed by atoms with Gasteiger partial charge in [0.1, 0.15) is 5.01 Å². The fourth-order valence-corrected chi connectivity index (χ4v) is 4.16. The molecular weight excluding hydrogens is 318 g/mol. The number of aryl methyl sites for hydroxylation is 1. The first kappa shape index (κ1) is 19.2. The zero-order valence-electron chi connectivity index (χ0n) is 16.0. The van der Waals surface area contributed by atoms with Gasteiger partial charge >= 0.3 is 0 Å². The third-order valence-electron chi connectivity index (χ3n) is 4.71. The average Bonchev–Trinajstić information content (AvgIpc) is 2.92. The summed E-state index contributed by atoms with van der Waals surface area (Å²) in [6, 6.07) is 0. The molecular formula is C18H33N5S. The van der Waals surface area contributed by atoms with Gasteiger partial charge in [-0.3, -0.25) is 9.89 Å². The quantitative estimate of drug-likeness (QED) is 0.633. The van der Waals surface area contributed by atoms with Crippen LogP contribution in [0.5, 0.6) is 0 Å². The molecule has 0 aromatic carbocycles. The molecule has 0 spiro atoms. The van der Waals surface area contributed by atoms with Gasteiger partial charge in [0.05, 0.1) is 6.54 Å². The van der Waals surface area contributed by atoms with E-state index in [1.807, 2.05) is 13.2 Å². The lowest BCUT2D eigenvalue weighted by molar-refractivity contribution is 0.0483. The van der Waals surface area contributed by atoms with E-state index >= 15 is 0 Å². The van der Waals surface area contributed by atoms with Crippen LogP contribution >= 0.6 is 11.3 Å². The maximum Gasteiger partial charge on any atom is 0.191 e. The molecule has 1 fully saturated rings. The number of rotatable bonds is 5. The molecule has 2 atom stereocenters. The number of hydrogen-bond acceptors (Lipinski definition) is 4. The molecule has 0 amide bonds. The van der Waals surface area contributed by atoms with Crippen LogP contribution in [-0.2, 0) is 6.54 Å². The molecule has 2 unspecified atom stereocenters. The fraction of sp³-hybridized carbons (Fsp3) is 0.778. The molecule has 1 aromatic heterocycles. The molecule has 136 valence electrons. The molecule has 0 aliphatic carbocycles. The van der Waals surface area contributed by atoms with Crippen molar-refractivity contribution in [1.29, 1.82) is 0 Å². The Morgan fingerprint density at radius 3 is 2.54 bits per heavy atom.